The van der Waals surface area contributed by atoms with Gasteiger partial charge in [0.2, 0.25) is 5.91 Å². The highest BCUT2D eigenvalue weighted by Gasteiger charge is 2.26. The van der Waals surface area contributed by atoms with E-state index < -0.39 is 0 Å². The number of amides is 2. The largest absolute Gasteiger partial charge is 0.373 e. The molecule has 154 valence electrons. The van der Waals surface area contributed by atoms with Crippen LogP contribution in [0.3, 0.4) is 0 Å². The fourth-order valence-electron chi connectivity index (χ4n) is 3.88. The highest BCUT2D eigenvalue weighted by Crippen LogP contribution is 2.24. The average molecular weight is 396 g/mol. The number of carbonyl (C=O) groups is 2. The fraction of sp³-hybridized carbons (Fsp3) is 0.500. The molecule has 0 N–H and O–H groups in total. The van der Waals surface area contributed by atoms with E-state index >= 15 is 0 Å². The minimum absolute atomic E-state index is 0.0230. The smallest absolute Gasteiger partial charge is 0.266 e. The molecule has 0 radical (unpaired) electrons. The number of aryl methyl sites for hydroxylation is 1. The van der Waals surface area contributed by atoms with Gasteiger partial charge in [-0.2, -0.15) is 5.26 Å². The number of anilines is 1. The van der Waals surface area contributed by atoms with Crippen molar-refractivity contribution in [1.29, 1.82) is 5.26 Å². The van der Waals surface area contributed by atoms with Gasteiger partial charge in [-0.05, 0) is 31.0 Å². The summed E-state index contributed by atoms with van der Waals surface area (Å²) in [5.41, 5.74) is 4.01. The molecule has 2 saturated heterocycles. The van der Waals surface area contributed by atoms with E-state index in [1.807, 2.05) is 0 Å². The first kappa shape index (κ1) is 20.7. The lowest BCUT2D eigenvalue weighted by molar-refractivity contribution is -0.136. The molecule has 1 aromatic carbocycles. The minimum atomic E-state index is -0.243. The number of piperazine rings is 2. The summed E-state index contributed by atoms with van der Waals surface area (Å²) in [6.45, 7) is 11.0. The van der Waals surface area contributed by atoms with Crippen molar-refractivity contribution >= 4 is 17.5 Å². The highest BCUT2D eigenvalue weighted by atomic mass is 16.2. The maximum Gasteiger partial charge on any atom is 0.266 e. The van der Waals surface area contributed by atoms with Crippen LogP contribution in [-0.4, -0.2) is 78.9 Å². The van der Waals surface area contributed by atoms with Crippen LogP contribution < -0.4 is 4.90 Å². The summed E-state index contributed by atoms with van der Waals surface area (Å²) < 4.78 is 0. The lowest BCUT2D eigenvalue weighted by atomic mass is 10.1. The average Bonchev–Trinajstić information content (AvgIpc) is 2.74. The van der Waals surface area contributed by atoms with Gasteiger partial charge in [-0.25, -0.2) is 0 Å². The van der Waals surface area contributed by atoms with Crippen molar-refractivity contribution < 1.29 is 9.59 Å². The third-order valence-corrected chi connectivity index (χ3v) is 5.91. The zero-order chi connectivity index (χ0) is 21.0. The van der Waals surface area contributed by atoms with Crippen LogP contribution in [0.1, 0.15) is 18.1 Å². The summed E-state index contributed by atoms with van der Waals surface area (Å²) in [7, 11) is 0. The Balaban J connectivity index is 1.60. The number of carbonyl (C=O) groups excluding carboxylic acids is 2. The fourth-order valence-corrected chi connectivity index (χ4v) is 3.88. The van der Waals surface area contributed by atoms with E-state index in [1.54, 1.807) is 16.0 Å². The second-order valence-corrected chi connectivity index (χ2v) is 7.69. The Morgan fingerprint density at radius 1 is 0.966 bits per heavy atom. The maximum absolute atomic E-state index is 12.7. The van der Waals surface area contributed by atoms with Crippen LogP contribution in [0.2, 0.25) is 0 Å². The van der Waals surface area contributed by atoms with Gasteiger partial charge in [-0.15, -0.1) is 0 Å². The van der Waals surface area contributed by atoms with Crippen molar-refractivity contribution in [3.8, 4) is 6.07 Å². The van der Waals surface area contributed by atoms with Gasteiger partial charge in [0.15, 0.2) is 0 Å². The van der Waals surface area contributed by atoms with E-state index in [-0.39, 0.29) is 17.4 Å². The Morgan fingerprint density at radius 2 is 1.59 bits per heavy atom. The molecule has 1 aromatic rings. The molecule has 7 nitrogen and oxygen atoms in total. The molecule has 0 atom stereocenters. The van der Waals surface area contributed by atoms with Crippen molar-refractivity contribution in [2.24, 2.45) is 0 Å². The monoisotopic (exact) mass is 395 g/mol. The highest BCUT2D eigenvalue weighted by molar-refractivity contribution is 5.97. The number of benzene rings is 1. The molecule has 7 heteroatoms. The van der Waals surface area contributed by atoms with E-state index in [2.05, 4.69) is 47.9 Å². The second-order valence-electron chi connectivity index (χ2n) is 7.69. The van der Waals surface area contributed by atoms with Crippen molar-refractivity contribution in [2.75, 3.05) is 57.3 Å². The number of nitrogens with zero attached hydrogens (tertiary/aromatic N) is 5. The first-order chi connectivity index (χ1) is 13.9. The van der Waals surface area contributed by atoms with Gasteiger partial charge in [0.25, 0.3) is 5.91 Å². The first-order valence-electron chi connectivity index (χ1n) is 10.1. The Morgan fingerprint density at radius 3 is 2.17 bits per heavy atom. The van der Waals surface area contributed by atoms with E-state index in [9.17, 15) is 14.9 Å². The Labute approximate surface area is 172 Å². The number of rotatable bonds is 3. The number of nitriles is 1. The van der Waals surface area contributed by atoms with E-state index in [0.29, 0.717) is 26.2 Å². The zero-order valence-corrected chi connectivity index (χ0v) is 17.5. The molecule has 2 heterocycles. The molecule has 0 spiro atoms. The zero-order valence-electron chi connectivity index (χ0n) is 17.5. The van der Waals surface area contributed by atoms with Gasteiger partial charge in [-0.1, -0.05) is 12.1 Å². The van der Waals surface area contributed by atoms with Gasteiger partial charge >= 0.3 is 0 Å². The van der Waals surface area contributed by atoms with Crippen LogP contribution in [0.15, 0.2) is 30.0 Å². The molecule has 2 aliphatic heterocycles. The number of hydrogen-bond donors (Lipinski definition) is 0. The van der Waals surface area contributed by atoms with Gasteiger partial charge in [0.1, 0.15) is 11.6 Å². The molecule has 0 aromatic heterocycles. The summed E-state index contributed by atoms with van der Waals surface area (Å²) in [5.74, 6) is -0.220. The standard InChI is InChI=1S/C22H29N5O2/c1-17-5-4-6-21(18(17)2)26-9-7-24(8-10-26)16-20(15-23)22(29)27-13-11-25(12-14-27)19(3)28/h4-6,16H,7-14H2,1-3H3/b20-16-. The normalized spacial score (nSPS) is 17.9. The molecule has 0 aliphatic carbocycles. The predicted molar refractivity (Wildman–Crippen MR) is 112 cm³/mol. The van der Waals surface area contributed by atoms with Crippen LogP contribution >= 0.6 is 0 Å². The summed E-state index contributed by atoms with van der Waals surface area (Å²) >= 11 is 0. The number of hydrogen-bond acceptors (Lipinski definition) is 5. The molecule has 2 fully saturated rings. The second kappa shape index (κ2) is 8.99. The molecule has 0 bridgehead atoms. The third kappa shape index (κ3) is 4.70. The van der Waals surface area contributed by atoms with Crippen molar-refractivity contribution in [3.63, 3.8) is 0 Å². The predicted octanol–water partition coefficient (Wildman–Crippen LogP) is 1.52. The van der Waals surface area contributed by atoms with Crippen LogP contribution in [0.5, 0.6) is 0 Å². The molecule has 3 rings (SSSR count). The summed E-state index contributed by atoms with van der Waals surface area (Å²) in [5, 5.41) is 9.53. The summed E-state index contributed by atoms with van der Waals surface area (Å²) in [4.78, 5) is 32.0. The lowest BCUT2D eigenvalue weighted by Crippen LogP contribution is -2.50. The quantitative estimate of drug-likeness (QED) is 0.573. The summed E-state index contributed by atoms with van der Waals surface area (Å²) in [6.07, 6.45) is 1.71. The Kier molecular flexibility index (Phi) is 6.42. The van der Waals surface area contributed by atoms with Gasteiger partial charge < -0.3 is 19.6 Å². The Hall–Kier alpha value is -3.01. The van der Waals surface area contributed by atoms with Crippen molar-refractivity contribution in [3.05, 3.63) is 41.1 Å². The van der Waals surface area contributed by atoms with E-state index in [1.165, 1.54) is 23.7 Å². The van der Waals surface area contributed by atoms with Gasteiger partial charge in [0, 0.05) is 71.2 Å². The molecule has 2 aliphatic rings. The van der Waals surface area contributed by atoms with Crippen molar-refractivity contribution in [1.82, 2.24) is 14.7 Å². The minimum Gasteiger partial charge on any atom is -0.373 e. The van der Waals surface area contributed by atoms with Crippen LogP contribution in [-0.2, 0) is 9.59 Å². The molecule has 0 saturated carbocycles. The molecule has 0 unspecified atom stereocenters. The third-order valence-electron chi connectivity index (χ3n) is 5.91. The van der Waals surface area contributed by atoms with Gasteiger partial charge in [-0.3, -0.25) is 9.59 Å². The van der Waals surface area contributed by atoms with Gasteiger partial charge in [0.05, 0.1) is 0 Å². The molecule has 2 amide bonds. The van der Waals surface area contributed by atoms with Crippen LogP contribution in [0, 0.1) is 25.2 Å². The Bertz CT molecular complexity index is 841. The van der Waals surface area contributed by atoms with E-state index in [0.717, 1.165) is 26.2 Å². The summed E-state index contributed by atoms with van der Waals surface area (Å²) in [6, 6.07) is 8.43. The molecular formula is C22H29N5O2. The lowest BCUT2D eigenvalue weighted by Gasteiger charge is -2.37. The van der Waals surface area contributed by atoms with E-state index in [4.69, 9.17) is 0 Å². The van der Waals surface area contributed by atoms with Crippen LogP contribution in [0.25, 0.3) is 0 Å². The molecule has 29 heavy (non-hydrogen) atoms. The SMILES string of the molecule is CC(=O)N1CCN(C(=O)/C(C#N)=C\N2CCN(c3cccc(C)c3C)CC2)CC1. The maximum atomic E-state index is 12.7. The van der Waals surface area contributed by atoms with Crippen LogP contribution in [0.4, 0.5) is 5.69 Å². The first-order valence-corrected chi connectivity index (χ1v) is 10.1. The topological polar surface area (TPSA) is 70.9 Å². The van der Waals surface area contributed by atoms with Crippen molar-refractivity contribution in [2.45, 2.75) is 20.8 Å². The molecular weight excluding hydrogens is 366 g/mol.